The van der Waals surface area contributed by atoms with Gasteiger partial charge in [-0.1, -0.05) is 19.1 Å². The number of nitrogens with zero attached hydrogens (tertiary/aromatic N) is 2. The molecular weight excluding hydrogens is 227 g/mol. The van der Waals surface area contributed by atoms with Crippen LogP contribution in [0.1, 0.15) is 26.2 Å². The number of anilines is 1. The molecule has 98 valence electrons. The standard InChI is InChI=1S/C15H21FN2/c1-2-12-10-17-9-5-6-13(17)11-18(12)15-8-4-3-7-14(15)16/h3-4,7-8,12-13H,2,5-6,9-11H2,1H3. The number of fused-ring (bicyclic) bond motifs is 1. The fourth-order valence-corrected chi connectivity index (χ4v) is 3.42. The lowest BCUT2D eigenvalue weighted by molar-refractivity contribution is 0.194. The molecule has 0 bridgehead atoms. The molecule has 2 saturated heterocycles. The van der Waals surface area contributed by atoms with Crippen molar-refractivity contribution < 1.29 is 4.39 Å². The Morgan fingerprint density at radius 2 is 2.11 bits per heavy atom. The van der Waals surface area contributed by atoms with E-state index in [9.17, 15) is 4.39 Å². The van der Waals surface area contributed by atoms with E-state index in [1.165, 1.54) is 19.4 Å². The van der Waals surface area contributed by atoms with Gasteiger partial charge in [-0.15, -0.1) is 0 Å². The summed E-state index contributed by atoms with van der Waals surface area (Å²) < 4.78 is 14.0. The lowest BCUT2D eigenvalue weighted by Crippen LogP contribution is -2.56. The summed E-state index contributed by atoms with van der Waals surface area (Å²) in [6.45, 7) is 5.51. The lowest BCUT2D eigenvalue weighted by Gasteiger charge is -2.44. The van der Waals surface area contributed by atoms with E-state index in [0.29, 0.717) is 12.1 Å². The van der Waals surface area contributed by atoms with Gasteiger partial charge in [0.2, 0.25) is 0 Å². The van der Waals surface area contributed by atoms with E-state index in [-0.39, 0.29) is 5.82 Å². The fraction of sp³-hybridized carbons (Fsp3) is 0.600. The normalized spacial score (nSPS) is 28.4. The smallest absolute Gasteiger partial charge is 0.146 e. The molecule has 0 saturated carbocycles. The summed E-state index contributed by atoms with van der Waals surface area (Å²) in [7, 11) is 0. The molecule has 2 fully saturated rings. The topological polar surface area (TPSA) is 6.48 Å². The van der Waals surface area contributed by atoms with Gasteiger partial charge < -0.3 is 4.90 Å². The van der Waals surface area contributed by atoms with Crippen LogP contribution >= 0.6 is 0 Å². The number of para-hydroxylation sites is 1. The van der Waals surface area contributed by atoms with Crippen LogP contribution < -0.4 is 4.90 Å². The Bertz CT molecular complexity index is 421. The highest BCUT2D eigenvalue weighted by Gasteiger charge is 2.36. The van der Waals surface area contributed by atoms with Crippen molar-refractivity contribution >= 4 is 5.69 Å². The zero-order valence-corrected chi connectivity index (χ0v) is 11.0. The number of hydrogen-bond donors (Lipinski definition) is 0. The Balaban J connectivity index is 1.87. The molecule has 1 aromatic carbocycles. The summed E-state index contributed by atoms with van der Waals surface area (Å²) in [6, 6.07) is 8.28. The van der Waals surface area contributed by atoms with E-state index < -0.39 is 0 Å². The predicted octanol–water partition coefficient (Wildman–Crippen LogP) is 2.89. The van der Waals surface area contributed by atoms with Gasteiger partial charge >= 0.3 is 0 Å². The zero-order chi connectivity index (χ0) is 12.5. The van der Waals surface area contributed by atoms with Gasteiger partial charge in [0.05, 0.1) is 5.69 Å². The first-order chi connectivity index (χ1) is 8.79. The second-order valence-electron chi connectivity index (χ2n) is 5.46. The van der Waals surface area contributed by atoms with Crippen LogP contribution in [0.4, 0.5) is 10.1 Å². The molecule has 2 aliphatic heterocycles. The predicted molar refractivity (Wildman–Crippen MR) is 72.4 cm³/mol. The minimum atomic E-state index is -0.0811. The molecule has 2 aliphatic rings. The summed E-state index contributed by atoms with van der Waals surface area (Å²) in [5.74, 6) is -0.0811. The molecule has 2 heterocycles. The molecule has 0 amide bonds. The third-order valence-corrected chi connectivity index (χ3v) is 4.43. The molecule has 1 aromatic rings. The first-order valence-corrected chi connectivity index (χ1v) is 7.05. The monoisotopic (exact) mass is 248 g/mol. The maximum Gasteiger partial charge on any atom is 0.146 e. The molecule has 0 radical (unpaired) electrons. The van der Waals surface area contributed by atoms with E-state index in [2.05, 4.69) is 16.7 Å². The highest BCUT2D eigenvalue weighted by molar-refractivity contribution is 5.49. The highest BCUT2D eigenvalue weighted by atomic mass is 19.1. The average molecular weight is 248 g/mol. The minimum absolute atomic E-state index is 0.0811. The van der Waals surface area contributed by atoms with Crippen molar-refractivity contribution in [2.45, 2.75) is 38.3 Å². The molecule has 0 spiro atoms. The summed E-state index contributed by atoms with van der Waals surface area (Å²) in [6.07, 6.45) is 3.64. The first-order valence-electron chi connectivity index (χ1n) is 7.05. The molecule has 0 aromatic heterocycles. The Morgan fingerprint density at radius 1 is 1.28 bits per heavy atom. The van der Waals surface area contributed by atoms with Crippen LogP contribution in [0.5, 0.6) is 0 Å². The number of piperazine rings is 1. The molecule has 18 heavy (non-hydrogen) atoms. The largest absolute Gasteiger partial charge is 0.363 e. The zero-order valence-electron chi connectivity index (χ0n) is 11.0. The number of benzene rings is 1. The maximum atomic E-state index is 14.0. The third-order valence-electron chi connectivity index (χ3n) is 4.43. The molecular formula is C15H21FN2. The first kappa shape index (κ1) is 12.0. The van der Waals surface area contributed by atoms with Crippen LogP contribution in [-0.4, -0.2) is 36.6 Å². The van der Waals surface area contributed by atoms with E-state index >= 15 is 0 Å². The third kappa shape index (κ3) is 2.01. The lowest BCUT2D eigenvalue weighted by atomic mass is 10.0. The average Bonchev–Trinajstić information content (AvgIpc) is 2.85. The van der Waals surface area contributed by atoms with E-state index in [1.807, 2.05) is 12.1 Å². The molecule has 0 N–H and O–H groups in total. The van der Waals surface area contributed by atoms with Crippen LogP contribution in [0, 0.1) is 5.82 Å². The van der Waals surface area contributed by atoms with Gasteiger partial charge in [0, 0.05) is 25.2 Å². The van der Waals surface area contributed by atoms with Crippen molar-refractivity contribution in [3.05, 3.63) is 30.1 Å². The second-order valence-corrected chi connectivity index (χ2v) is 5.46. The number of halogens is 1. The molecule has 3 heteroatoms. The van der Waals surface area contributed by atoms with Crippen molar-refractivity contribution in [3.63, 3.8) is 0 Å². The molecule has 2 unspecified atom stereocenters. The summed E-state index contributed by atoms with van der Waals surface area (Å²) >= 11 is 0. The van der Waals surface area contributed by atoms with Crippen LogP contribution in [0.2, 0.25) is 0 Å². The van der Waals surface area contributed by atoms with Crippen molar-refractivity contribution in [2.75, 3.05) is 24.5 Å². The number of rotatable bonds is 2. The van der Waals surface area contributed by atoms with Crippen LogP contribution in [0.25, 0.3) is 0 Å². The van der Waals surface area contributed by atoms with Crippen molar-refractivity contribution in [2.24, 2.45) is 0 Å². The molecule has 2 atom stereocenters. The van der Waals surface area contributed by atoms with Gasteiger partial charge in [-0.05, 0) is 37.9 Å². The maximum absolute atomic E-state index is 14.0. The summed E-state index contributed by atoms with van der Waals surface area (Å²) in [5.41, 5.74) is 0.788. The Labute approximate surface area is 108 Å². The van der Waals surface area contributed by atoms with Gasteiger partial charge in [0.1, 0.15) is 5.82 Å². The quantitative estimate of drug-likeness (QED) is 0.794. The van der Waals surface area contributed by atoms with Crippen LogP contribution in [-0.2, 0) is 0 Å². The summed E-state index contributed by atoms with van der Waals surface area (Å²) in [4.78, 5) is 4.88. The van der Waals surface area contributed by atoms with Gasteiger partial charge in [-0.3, -0.25) is 4.90 Å². The van der Waals surface area contributed by atoms with Crippen molar-refractivity contribution in [1.82, 2.24) is 4.90 Å². The van der Waals surface area contributed by atoms with E-state index in [4.69, 9.17) is 0 Å². The highest BCUT2D eigenvalue weighted by Crippen LogP contribution is 2.31. The minimum Gasteiger partial charge on any atom is -0.363 e. The fourth-order valence-electron chi connectivity index (χ4n) is 3.42. The SMILES string of the molecule is CCC1CN2CCCC2CN1c1ccccc1F. The number of hydrogen-bond acceptors (Lipinski definition) is 2. The van der Waals surface area contributed by atoms with Crippen molar-refractivity contribution in [1.29, 1.82) is 0 Å². The van der Waals surface area contributed by atoms with Crippen molar-refractivity contribution in [3.8, 4) is 0 Å². The van der Waals surface area contributed by atoms with Crippen LogP contribution in [0.15, 0.2) is 24.3 Å². The second kappa shape index (κ2) is 4.88. The van der Waals surface area contributed by atoms with E-state index in [1.54, 1.807) is 12.1 Å². The van der Waals surface area contributed by atoms with E-state index in [0.717, 1.165) is 25.2 Å². The Morgan fingerprint density at radius 3 is 2.89 bits per heavy atom. The van der Waals surface area contributed by atoms with Gasteiger partial charge in [-0.2, -0.15) is 0 Å². The Hall–Kier alpha value is -1.09. The van der Waals surface area contributed by atoms with Gasteiger partial charge in [0.25, 0.3) is 0 Å². The Kier molecular flexibility index (Phi) is 3.25. The molecule has 3 rings (SSSR count). The van der Waals surface area contributed by atoms with Gasteiger partial charge in [-0.25, -0.2) is 4.39 Å². The summed E-state index contributed by atoms with van der Waals surface area (Å²) in [5, 5.41) is 0. The van der Waals surface area contributed by atoms with Gasteiger partial charge in [0.15, 0.2) is 0 Å². The van der Waals surface area contributed by atoms with Crippen LogP contribution in [0.3, 0.4) is 0 Å². The molecule has 2 nitrogen and oxygen atoms in total. The molecule has 0 aliphatic carbocycles.